The molecule has 1 saturated heterocycles. The van der Waals surface area contributed by atoms with E-state index in [2.05, 4.69) is 25.9 Å². The Balaban J connectivity index is 1.62. The Labute approximate surface area is 163 Å². The highest BCUT2D eigenvalue weighted by atomic mass is 19.4. The monoisotopic (exact) mass is 406 g/mol. The first-order chi connectivity index (χ1) is 13.7. The van der Waals surface area contributed by atoms with Crippen molar-refractivity contribution in [2.24, 2.45) is 7.05 Å². The first-order valence-electron chi connectivity index (χ1n) is 8.77. The zero-order valence-electron chi connectivity index (χ0n) is 15.5. The van der Waals surface area contributed by atoms with E-state index in [9.17, 15) is 18.0 Å². The van der Waals surface area contributed by atoms with E-state index in [0.29, 0.717) is 30.0 Å². The van der Waals surface area contributed by atoms with Crippen LogP contribution in [0.5, 0.6) is 0 Å². The summed E-state index contributed by atoms with van der Waals surface area (Å²) in [6.45, 7) is 2.25. The molecule has 1 aromatic carbocycles. The van der Waals surface area contributed by atoms with Crippen LogP contribution in [0.4, 0.5) is 24.5 Å². The number of nitrogens with zero attached hydrogens (tertiary/aromatic N) is 4. The molecular formula is C18H17F3N6O2. The van der Waals surface area contributed by atoms with Crippen molar-refractivity contribution in [2.75, 3.05) is 11.9 Å². The van der Waals surface area contributed by atoms with Gasteiger partial charge >= 0.3 is 6.18 Å². The van der Waals surface area contributed by atoms with Gasteiger partial charge in [0.15, 0.2) is 5.69 Å². The number of halogens is 3. The number of alkyl halides is 3. The van der Waals surface area contributed by atoms with Crippen LogP contribution in [-0.2, 0) is 23.4 Å². The summed E-state index contributed by atoms with van der Waals surface area (Å²) < 4.78 is 45.4. The lowest BCUT2D eigenvalue weighted by atomic mass is 9.89. The molecule has 11 heteroatoms. The molecule has 29 heavy (non-hydrogen) atoms. The van der Waals surface area contributed by atoms with E-state index in [-0.39, 0.29) is 17.7 Å². The molecule has 1 aliphatic rings. The van der Waals surface area contributed by atoms with Gasteiger partial charge in [-0.15, -0.1) is 10.2 Å². The number of anilines is 2. The largest absolute Gasteiger partial charge is 0.418 e. The van der Waals surface area contributed by atoms with E-state index in [4.69, 9.17) is 4.42 Å². The molecule has 4 rings (SSSR count). The SMILES string of the molecule is Cn1cc(Nc2ccc(C(F)(F)F)cc2)c(-c2nnc([C@]3(C)CCNC3=O)o2)n1. The van der Waals surface area contributed by atoms with Crippen molar-refractivity contribution in [3.05, 3.63) is 41.9 Å². The molecule has 3 aromatic rings. The Hall–Kier alpha value is -3.37. The second-order valence-corrected chi connectivity index (χ2v) is 7.02. The average Bonchev–Trinajstić information content (AvgIpc) is 3.35. The maximum Gasteiger partial charge on any atom is 0.416 e. The zero-order valence-corrected chi connectivity index (χ0v) is 15.5. The van der Waals surface area contributed by atoms with E-state index < -0.39 is 17.2 Å². The highest BCUT2D eigenvalue weighted by Crippen LogP contribution is 2.35. The van der Waals surface area contributed by atoms with Crippen molar-refractivity contribution in [2.45, 2.75) is 24.9 Å². The molecule has 1 aliphatic heterocycles. The fourth-order valence-corrected chi connectivity index (χ4v) is 3.12. The molecule has 1 fully saturated rings. The minimum Gasteiger partial charge on any atom is -0.418 e. The molecule has 2 N–H and O–H groups in total. The maximum absolute atomic E-state index is 12.7. The number of amides is 1. The second kappa shape index (κ2) is 6.61. The van der Waals surface area contributed by atoms with Crippen molar-refractivity contribution in [1.82, 2.24) is 25.3 Å². The number of hydrogen-bond acceptors (Lipinski definition) is 6. The first-order valence-corrected chi connectivity index (χ1v) is 8.77. The molecule has 1 amide bonds. The number of carbonyl (C=O) groups is 1. The molecule has 0 radical (unpaired) electrons. The predicted octanol–water partition coefficient (Wildman–Crippen LogP) is 3.01. The Morgan fingerprint density at radius 1 is 1.24 bits per heavy atom. The molecule has 2 aromatic heterocycles. The van der Waals surface area contributed by atoms with Gasteiger partial charge in [0.1, 0.15) is 5.41 Å². The minimum absolute atomic E-state index is 0.107. The van der Waals surface area contributed by atoms with Crippen LogP contribution in [-0.4, -0.2) is 32.4 Å². The predicted molar refractivity (Wildman–Crippen MR) is 96.2 cm³/mol. The van der Waals surface area contributed by atoms with Crippen LogP contribution in [0, 0.1) is 0 Å². The van der Waals surface area contributed by atoms with Gasteiger partial charge in [0.25, 0.3) is 5.89 Å². The molecule has 0 aliphatic carbocycles. The lowest BCUT2D eigenvalue weighted by Crippen LogP contribution is -2.32. The van der Waals surface area contributed by atoms with Crippen LogP contribution in [0.3, 0.4) is 0 Å². The van der Waals surface area contributed by atoms with Gasteiger partial charge in [0.2, 0.25) is 11.8 Å². The number of benzene rings is 1. The van der Waals surface area contributed by atoms with Crippen LogP contribution in [0.2, 0.25) is 0 Å². The summed E-state index contributed by atoms with van der Waals surface area (Å²) in [7, 11) is 1.68. The second-order valence-electron chi connectivity index (χ2n) is 7.02. The third-order valence-electron chi connectivity index (χ3n) is 4.83. The lowest BCUT2D eigenvalue weighted by Gasteiger charge is -2.14. The minimum atomic E-state index is -4.40. The van der Waals surface area contributed by atoms with Crippen LogP contribution in [0.15, 0.2) is 34.9 Å². The standard InChI is InChI=1S/C18H17F3N6O2/c1-17(7-8-22-15(17)28)16-25-24-14(29-16)13-12(9-27(2)26-13)23-11-5-3-10(4-6-11)18(19,20)21/h3-6,9,23H,7-8H2,1-2H3,(H,22,28)/t17-/m1/s1. The van der Waals surface area contributed by atoms with Gasteiger partial charge in [0, 0.05) is 25.5 Å². The molecule has 3 heterocycles. The lowest BCUT2D eigenvalue weighted by molar-refractivity contribution is -0.137. The number of nitrogens with one attached hydrogen (secondary N) is 2. The van der Waals surface area contributed by atoms with E-state index in [1.165, 1.54) is 16.8 Å². The molecule has 0 unspecified atom stereocenters. The number of aryl methyl sites for hydroxylation is 1. The molecule has 1 atom stereocenters. The molecule has 0 spiro atoms. The molecule has 0 saturated carbocycles. The summed E-state index contributed by atoms with van der Waals surface area (Å²) >= 11 is 0. The number of hydrogen-bond donors (Lipinski definition) is 2. The molecule has 0 bridgehead atoms. The van der Waals surface area contributed by atoms with Crippen LogP contribution < -0.4 is 10.6 Å². The Morgan fingerprint density at radius 3 is 2.59 bits per heavy atom. The Morgan fingerprint density at radius 2 is 1.97 bits per heavy atom. The van der Waals surface area contributed by atoms with Crippen LogP contribution in [0.25, 0.3) is 11.6 Å². The number of rotatable bonds is 4. The highest BCUT2D eigenvalue weighted by molar-refractivity contribution is 5.88. The summed E-state index contributed by atoms with van der Waals surface area (Å²) in [5.74, 6) is 0.112. The number of carbonyl (C=O) groups excluding carboxylic acids is 1. The summed E-state index contributed by atoms with van der Waals surface area (Å²) in [4.78, 5) is 12.1. The maximum atomic E-state index is 12.7. The summed E-state index contributed by atoms with van der Waals surface area (Å²) in [5, 5.41) is 18.1. The van der Waals surface area contributed by atoms with E-state index in [1.807, 2.05) is 0 Å². The zero-order chi connectivity index (χ0) is 20.8. The highest BCUT2D eigenvalue weighted by Gasteiger charge is 2.44. The van der Waals surface area contributed by atoms with Crippen molar-refractivity contribution in [3.63, 3.8) is 0 Å². The van der Waals surface area contributed by atoms with Crippen molar-refractivity contribution < 1.29 is 22.4 Å². The van der Waals surface area contributed by atoms with Gasteiger partial charge in [-0.3, -0.25) is 9.48 Å². The molecule has 152 valence electrons. The fraction of sp³-hybridized carbons (Fsp3) is 0.333. The summed E-state index contributed by atoms with van der Waals surface area (Å²) in [6, 6.07) is 4.62. The Kier molecular flexibility index (Phi) is 4.32. The third kappa shape index (κ3) is 3.43. The number of aromatic nitrogens is 4. The molecule has 8 nitrogen and oxygen atoms in total. The summed E-state index contributed by atoms with van der Waals surface area (Å²) in [6.07, 6.45) is -2.23. The van der Waals surface area contributed by atoms with E-state index in [1.54, 1.807) is 20.2 Å². The molecular weight excluding hydrogens is 389 g/mol. The van der Waals surface area contributed by atoms with E-state index in [0.717, 1.165) is 12.1 Å². The topological polar surface area (TPSA) is 97.9 Å². The van der Waals surface area contributed by atoms with Gasteiger partial charge in [-0.25, -0.2) is 0 Å². The Bertz CT molecular complexity index is 1060. The van der Waals surface area contributed by atoms with Gasteiger partial charge < -0.3 is 15.1 Å². The van der Waals surface area contributed by atoms with Crippen LogP contribution >= 0.6 is 0 Å². The van der Waals surface area contributed by atoms with Crippen molar-refractivity contribution in [1.29, 1.82) is 0 Å². The first kappa shape index (κ1) is 19.0. The normalized spacial score (nSPS) is 19.4. The fourth-order valence-electron chi connectivity index (χ4n) is 3.12. The van der Waals surface area contributed by atoms with Gasteiger partial charge in [-0.1, -0.05) is 0 Å². The van der Waals surface area contributed by atoms with Crippen LogP contribution in [0.1, 0.15) is 24.8 Å². The summed E-state index contributed by atoms with van der Waals surface area (Å²) in [5.41, 5.74) is -0.397. The van der Waals surface area contributed by atoms with Crippen molar-refractivity contribution in [3.8, 4) is 11.6 Å². The van der Waals surface area contributed by atoms with E-state index >= 15 is 0 Å². The van der Waals surface area contributed by atoms with Gasteiger partial charge in [-0.05, 0) is 37.6 Å². The van der Waals surface area contributed by atoms with Crippen molar-refractivity contribution >= 4 is 17.3 Å². The third-order valence-corrected chi connectivity index (χ3v) is 4.83. The van der Waals surface area contributed by atoms with Gasteiger partial charge in [-0.2, -0.15) is 18.3 Å². The quantitative estimate of drug-likeness (QED) is 0.691. The average molecular weight is 406 g/mol. The van der Waals surface area contributed by atoms with Gasteiger partial charge in [0.05, 0.1) is 11.3 Å². The smallest absolute Gasteiger partial charge is 0.416 e.